The average Bonchev–Trinajstić information content (AvgIpc) is 2.52. The Labute approximate surface area is 118 Å². The molecule has 3 N–H and O–H groups in total. The van der Waals surface area contributed by atoms with E-state index in [0.29, 0.717) is 6.54 Å². The highest BCUT2D eigenvalue weighted by molar-refractivity contribution is 5.78. The van der Waals surface area contributed by atoms with Crippen LogP contribution in [0.3, 0.4) is 0 Å². The normalized spacial score (nSPS) is 9.45. The van der Waals surface area contributed by atoms with Crippen molar-refractivity contribution in [2.75, 3.05) is 13.1 Å². The van der Waals surface area contributed by atoms with Crippen LogP contribution >= 0.6 is 0 Å². The minimum Gasteiger partial charge on any atom is -0.344 e. The first-order valence-electron chi connectivity index (χ1n) is 6.41. The van der Waals surface area contributed by atoms with Gasteiger partial charge in [0.15, 0.2) is 0 Å². The van der Waals surface area contributed by atoms with Crippen LogP contribution in [0.15, 0.2) is 54.6 Å². The smallest absolute Gasteiger partial charge is 0.234 e. The molecule has 3 heteroatoms. The Morgan fingerprint density at radius 1 is 1.00 bits per heavy atom. The molecule has 1 amide bonds. The van der Waals surface area contributed by atoms with Gasteiger partial charge in [-0.05, 0) is 23.3 Å². The summed E-state index contributed by atoms with van der Waals surface area (Å²) < 4.78 is 0. The second kappa shape index (κ2) is 7.13. The average molecular weight is 264 g/mol. The molecule has 0 aromatic heterocycles. The van der Waals surface area contributed by atoms with Gasteiger partial charge in [-0.3, -0.25) is 4.79 Å². The molecule has 0 aliphatic rings. The number of carbonyl (C=O) groups is 1. The van der Waals surface area contributed by atoms with E-state index in [9.17, 15) is 4.79 Å². The molecule has 2 rings (SSSR count). The van der Waals surface area contributed by atoms with Gasteiger partial charge < -0.3 is 11.1 Å². The predicted octanol–water partition coefficient (Wildman–Crippen LogP) is 1.78. The Morgan fingerprint density at radius 3 is 2.30 bits per heavy atom. The van der Waals surface area contributed by atoms with Crippen LogP contribution in [-0.2, 0) is 4.79 Å². The molecule has 20 heavy (non-hydrogen) atoms. The Hall–Kier alpha value is -2.57. The first-order chi connectivity index (χ1) is 9.79. The highest BCUT2D eigenvalue weighted by Crippen LogP contribution is 2.18. The summed E-state index contributed by atoms with van der Waals surface area (Å²) in [5, 5.41) is 2.60. The van der Waals surface area contributed by atoms with Crippen molar-refractivity contribution >= 4 is 5.91 Å². The van der Waals surface area contributed by atoms with Crippen LogP contribution in [0.2, 0.25) is 0 Å². The lowest BCUT2D eigenvalue weighted by Crippen LogP contribution is -2.30. The quantitative estimate of drug-likeness (QED) is 0.830. The summed E-state index contributed by atoms with van der Waals surface area (Å²) in [6.07, 6.45) is 0. The van der Waals surface area contributed by atoms with E-state index in [-0.39, 0.29) is 12.5 Å². The zero-order chi connectivity index (χ0) is 14.2. The molecule has 0 heterocycles. The summed E-state index contributed by atoms with van der Waals surface area (Å²) in [5.41, 5.74) is 8.44. The van der Waals surface area contributed by atoms with Gasteiger partial charge in [-0.25, -0.2) is 0 Å². The van der Waals surface area contributed by atoms with Gasteiger partial charge in [0.05, 0.1) is 13.1 Å². The molecule has 0 spiro atoms. The van der Waals surface area contributed by atoms with E-state index < -0.39 is 0 Å². The molecule has 0 bridgehead atoms. The maximum atomic E-state index is 10.9. The Kier molecular flexibility index (Phi) is 4.94. The van der Waals surface area contributed by atoms with Crippen LogP contribution in [0.1, 0.15) is 5.56 Å². The van der Waals surface area contributed by atoms with Crippen molar-refractivity contribution in [3.63, 3.8) is 0 Å². The number of hydrogen-bond donors (Lipinski definition) is 2. The molecule has 2 aromatic rings. The van der Waals surface area contributed by atoms with Gasteiger partial charge in [0.25, 0.3) is 0 Å². The third kappa shape index (κ3) is 3.98. The molecule has 0 fully saturated rings. The van der Waals surface area contributed by atoms with Crippen molar-refractivity contribution < 1.29 is 4.79 Å². The van der Waals surface area contributed by atoms with E-state index in [1.54, 1.807) is 0 Å². The molecule has 0 aliphatic heterocycles. The standard InChI is InChI=1S/C17H16N2O/c18-13-17(20)19-12-4-5-14-8-10-16(11-9-14)15-6-2-1-3-7-15/h1-3,6-11H,12-13,18H2,(H,19,20). The largest absolute Gasteiger partial charge is 0.344 e. The van der Waals surface area contributed by atoms with E-state index in [4.69, 9.17) is 5.73 Å². The third-order valence-electron chi connectivity index (χ3n) is 2.78. The zero-order valence-corrected chi connectivity index (χ0v) is 11.1. The minimum atomic E-state index is -0.196. The summed E-state index contributed by atoms with van der Waals surface area (Å²) in [5.74, 6) is 5.69. The van der Waals surface area contributed by atoms with Crippen LogP contribution in [0, 0.1) is 11.8 Å². The Bertz CT molecular complexity index is 622. The van der Waals surface area contributed by atoms with Crippen molar-refractivity contribution in [1.29, 1.82) is 0 Å². The Morgan fingerprint density at radius 2 is 1.65 bits per heavy atom. The fourth-order valence-corrected chi connectivity index (χ4v) is 1.74. The van der Waals surface area contributed by atoms with Crippen LogP contribution < -0.4 is 11.1 Å². The van der Waals surface area contributed by atoms with Crippen molar-refractivity contribution in [3.8, 4) is 23.0 Å². The van der Waals surface area contributed by atoms with E-state index in [2.05, 4.69) is 29.3 Å². The minimum absolute atomic E-state index is 0.00650. The lowest BCUT2D eigenvalue weighted by atomic mass is 10.0. The first-order valence-corrected chi connectivity index (χ1v) is 6.41. The second-order valence-electron chi connectivity index (χ2n) is 4.23. The summed E-state index contributed by atoms with van der Waals surface area (Å²) >= 11 is 0. The van der Waals surface area contributed by atoms with Gasteiger partial charge >= 0.3 is 0 Å². The van der Waals surface area contributed by atoms with Crippen molar-refractivity contribution in [2.45, 2.75) is 0 Å². The Balaban J connectivity index is 1.99. The SMILES string of the molecule is NCC(=O)NCC#Cc1ccc(-c2ccccc2)cc1. The fourth-order valence-electron chi connectivity index (χ4n) is 1.74. The van der Waals surface area contributed by atoms with Gasteiger partial charge in [-0.1, -0.05) is 54.3 Å². The molecular weight excluding hydrogens is 248 g/mol. The van der Waals surface area contributed by atoms with Crippen LogP contribution in [0.25, 0.3) is 11.1 Å². The predicted molar refractivity (Wildman–Crippen MR) is 80.8 cm³/mol. The molecule has 100 valence electrons. The molecule has 3 nitrogen and oxygen atoms in total. The van der Waals surface area contributed by atoms with Crippen molar-refractivity contribution in [1.82, 2.24) is 5.32 Å². The number of benzene rings is 2. The number of nitrogens with two attached hydrogens (primary N) is 1. The molecule has 0 radical (unpaired) electrons. The van der Waals surface area contributed by atoms with Crippen LogP contribution in [0.4, 0.5) is 0 Å². The third-order valence-corrected chi connectivity index (χ3v) is 2.78. The van der Waals surface area contributed by atoms with E-state index >= 15 is 0 Å². The summed E-state index contributed by atoms with van der Waals surface area (Å²) in [6.45, 7) is 0.309. The number of rotatable bonds is 3. The molecular formula is C17H16N2O. The van der Waals surface area contributed by atoms with Gasteiger partial charge in [-0.15, -0.1) is 0 Å². The summed E-state index contributed by atoms with van der Waals surface area (Å²) in [4.78, 5) is 10.9. The molecule has 0 atom stereocenters. The maximum Gasteiger partial charge on any atom is 0.234 e. The molecule has 0 saturated heterocycles. The lowest BCUT2D eigenvalue weighted by molar-refractivity contribution is -0.119. The van der Waals surface area contributed by atoms with Crippen LogP contribution in [0.5, 0.6) is 0 Å². The summed E-state index contributed by atoms with van der Waals surface area (Å²) in [6, 6.07) is 18.2. The highest BCUT2D eigenvalue weighted by atomic mass is 16.1. The van der Waals surface area contributed by atoms with Crippen LogP contribution in [-0.4, -0.2) is 19.0 Å². The topological polar surface area (TPSA) is 55.1 Å². The molecule has 2 aromatic carbocycles. The fraction of sp³-hybridized carbons (Fsp3) is 0.118. The lowest BCUT2D eigenvalue weighted by Gasteiger charge is -2.00. The van der Waals surface area contributed by atoms with Crippen molar-refractivity contribution in [2.24, 2.45) is 5.73 Å². The van der Waals surface area contributed by atoms with Gasteiger partial charge in [0, 0.05) is 5.56 Å². The van der Waals surface area contributed by atoms with Gasteiger partial charge in [0.1, 0.15) is 0 Å². The molecule has 0 unspecified atom stereocenters. The van der Waals surface area contributed by atoms with Crippen molar-refractivity contribution in [3.05, 3.63) is 60.2 Å². The number of nitrogens with one attached hydrogen (secondary N) is 1. The first kappa shape index (κ1) is 13.9. The van der Waals surface area contributed by atoms with E-state index in [0.717, 1.165) is 11.1 Å². The number of carbonyl (C=O) groups excluding carboxylic acids is 1. The zero-order valence-electron chi connectivity index (χ0n) is 11.1. The van der Waals surface area contributed by atoms with E-state index in [1.165, 1.54) is 5.56 Å². The maximum absolute atomic E-state index is 10.9. The molecule has 0 aliphatic carbocycles. The molecule has 0 saturated carbocycles. The van der Waals surface area contributed by atoms with Gasteiger partial charge in [0.2, 0.25) is 5.91 Å². The van der Waals surface area contributed by atoms with E-state index in [1.807, 2.05) is 42.5 Å². The number of hydrogen-bond acceptors (Lipinski definition) is 2. The highest BCUT2D eigenvalue weighted by Gasteiger charge is 1.95. The monoisotopic (exact) mass is 264 g/mol. The second-order valence-corrected chi connectivity index (χ2v) is 4.23. The summed E-state index contributed by atoms with van der Waals surface area (Å²) in [7, 11) is 0. The number of amides is 1. The van der Waals surface area contributed by atoms with Gasteiger partial charge in [-0.2, -0.15) is 0 Å².